The van der Waals surface area contributed by atoms with Crippen molar-refractivity contribution in [3.63, 3.8) is 0 Å². The van der Waals surface area contributed by atoms with Gasteiger partial charge in [-0.2, -0.15) is 0 Å². The number of carbonyl (C=O) groups is 2. The number of aryl methyl sites for hydroxylation is 1. The summed E-state index contributed by atoms with van der Waals surface area (Å²) in [7, 11) is 4.53. The van der Waals surface area contributed by atoms with E-state index in [-0.39, 0.29) is 12.4 Å². The first-order chi connectivity index (χ1) is 14.7. The maximum Gasteiger partial charge on any atom is 0.415 e. The molecule has 0 aliphatic rings. The predicted octanol–water partition coefficient (Wildman–Crippen LogP) is 4.75. The zero-order valence-corrected chi connectivity index (χ0v) is 19.1. The standard InChI is InChI=1S/C24H31NO6/c1-24(2,3)31-23(27)25(16-17-7-12-20(28-4)13-8-17)19-11-9-18(21(15-19)29-5)10-14-22(26)30-6/h7-9,11-13,15H,10,14,16H2,1-6H3. The maximum absolute atomic E-state index is 13.0. The van der Waals surface area contributed by atoms with Crippen molar-refractivity contribution >= 4 is 17.7 Å². The van der Waals surface area contributed by atoms with Crippen LogP contribution in [0.25, 0.3) is 0 Å². The van der Waals surface area contributed by atoms with E-state index < -0.39 is 11.7 Å². The van der Waals surface area contributed by atoms with E-state index in [4.69, 9.17) is 18.9 Å². The fraction of sp³-hybridized carbons (Fsp3) is 0.417. The van der Waals surface area contributed by atoms with Crippen LogP contribution in [-0.4, -0.2) is 39.0 Å². The average Bonchev–Trinajstić information content (AvgIpc) is 2.74. The summed E-state index contributed by atoms with van der Waals surface area (Å²) in [6.07, 6.45) is 0.252. The summed E-state index contributed by atoms with van der Waals surface area (Å²) < 4.78 is 21.1. The monoisotopic (exact) mass is 429 g/mol. The topological polar surface area (TPSA) is 74.3 Å². The van der Waals surface area contributed by atoms with Crippen molar-refractivity contribution in [3.8, 4) is 11.5 Å². The van der Waals surface area contributed by atoms with Crippen molar-refractivity contribution < 1.29 is 28.5 Å². The quantitative estimate of drug-likeness (QED) is 0.564. The second-order valence-electron chi connectivity index (χ2n) is 7.99. The third-order valence-corrected chi connectivity index (χ3v) is 4.52. The fourth-order valence-corrected chi connectivity index (χ4v) is 2.94. The molecule has 31 heavy (non-hydrogen) atoms. The summed E-state index contributed by atoms with van der Waals surface area (Å²) in [6, 6.07) is 12.9. The maximum atomic E-state index is 13.0. The highest BCUT2D eigenvalue weighted by molar-refractivity contribution is 5.88. The van der Waals surface area contributed by atoms with Gasteiger partial charge in [-0.1, -0.05) is 18.2 Å². The highest BCUT2D eigenvalue weighted by atomic mass is 16.6. The number of anilines is 1. The number of amides is 1. The smallest absolute Gasteiger partial charge is 0.415 e. The lowest BCUT2D eigenvalue weighted by atomic mass is 10.1. The summed E-state index contributed by atoms with van der Waals surface area (Å²) in [5, 5.41) is 0. The fourth-order valence-electron chi connectivity index (χ4n) is 2.94. The van der Waals surface area contributed by atoms with Gasteiger partial charge < -0.3 is 18.9 Å². The predicted molar refractivity (Wildman–Crippen MR) is 119 cm³/mol. The first-order valence-electron chi connectivity index (χ1n) is 10.0. The summed E-state index contributed by atoms with van der Waals surface area (Å²) in [6.45, 7) is 5.79. The van der Waals surface area contributed by atoms with Gasteiger partial charge in [-0.15, -0.1) is 0 Å². The molecule has 0 aromatic heterocycles. The summed E-state index contributed by atoms with van der Waals surface area (Å²) in [4.78, 5) is 26.0. The van der Waals surface area contributed by atoms with Crippen molar-refractivity contribution in [3.05, 3.63) is 53.6 Å². The lowest BCUT2D eigenvalue weighted by Crippen LogP contribution is -2.36. The molecule has 0 bridgehead atoms. The van der Waals surface area contributed by atoms with Crippen molar-refractivity contribution in [1.82, 2.24) is 0 Å². The van der Waals surface area contributed by atoms with E-state index in [2.05, 4.69) is 0 Å². The molecule has 2 rings (SSSR count). The molecule has 0 aliphatic heterocycles. The second-order valence-corrected chi connectivity index (χ2v) is 7.99. The molecule has 0 fully saturated rings. The molecular weight excluding hydrogens is 398 g/mol. The molecule has 0 aliphatic carbocycles. The van der Waals surface area contributed by atoms with E-state index in [1.54, 1.807) is 25.2 Å². The Balaban J connectivity index is 2.34. The van der Waals surface area contributed by atoms with Gasteiger partial charge in [-0.05, 0) is 56.5 Å². The number of carbonyl (C=O) groups excluding carboxylic acids is 2. The Morgan fingerprint density at radius 2 is 1.61 bits per heavy atom. The van der Waals surface area contributed by atoms with Crippen molar-refractivity contribution in [2.45, 2.75) is 45.8 Å². The van der Waals surface area contributed by atoms with E-state index in [0.29, 0.717) is 24.4 Å². The SMILES string of the molecule is COC(=O)CCc1ccc(N(Cc2ccc(OC)cc2)C(=O)OC(C)(C)C)cc1OC. The third kappa shape index (κ3) is 7.20. The molecule has 2 aromatic carbocycles. The van der Waals surface area contributed by atoms with Crippen molar-refractivity contribution in [1.29, 1.82) is 0 Å². The Hall–Kier alpha value is -3.22. The van der Waals surface area contributed by atoms with E-state index in [0.717, 1.165) is 16.9 Å². The van der Waals surface area contributed by atoms with Crippen LogP contribution in [0.4, 0.5) is 10.5 Å². The zero-order chi connectivity index (χ0) is 23.0. The summed E-state index contributed by atoms with van der Waals surface area (Å²) >= 11 is 0. The van der Waals surface area contributed by atoms with Crippen LogP contribution >= 0.6 is 0 Å². The molecule has 0 saturated heterocycles. The summed E-state index contributed by atoms with van der Waals surface area (Å²) in [5.41, 5.74) is 1.76. The average molecular weight is 430 g/mol. The lowest BCUT2D eigenvalue weighted by molar-refractivity contribution is -0.140. The van der Waals surface area contributed by atoms with Crippen LogP contribution in [0.1, 0.15) is 38.3 Å². The van der Waals surface area contributed by atoms with Gasteiger partial charge in [-0.25, -0.2) is 4.79 Å². The molecule has 0 spiro atoms. The normalized spacial score (nSPS) is 10.9. The first kappa shape index (κ1) is 24.1. The van der Waals surface area contributed by atoms with Crippen molar-refractivity contribution in [2.75, 3.05) is 26.2 Å². The van der Waals surface area contributed by atoms with Crippen molar-refractivity contribution in [2.24, 2.45) is 0 Å². The van der Waals surface area contributed by atoms with Gasteiger partial charge >= 0.3 is 12.1 Å². The first-order valence-corrected chi connectivity index (χ1v) is 10.0. The van der Waals surface area contributed by atoms with Crippen LogP contribution in [0.15, 0.2) is 42.5 Å². The number of esters is 1. The number of rotatable bonds is 8. The van der Waals surface area contributed by atoms with E-state index in [9.17, 15) is 9.59 Å². The van der Waals surface area contributed by atoms with Gasteiger partial charge in [0.25, 0.3) is 0 Å². The molecule has 7 nitrogen and oxygen atoms in total. The minimum atomic E-state index is -0.639. The van der Waals surface area contributed by atoms with Gasteiger partial charge in [-0.3, -0.25) is 9.69 Å². The molecule has 7 heteroatoms. The van der Waals surface area contributed by atoms with E-state index in [1.165, 1.54) is 7.11 Å². The van der Waals surface area contributed by atoms with Gasteiger partial charge in [0, 0.05) is 12.5 Å². The summed E-state index contributed by atoms with van der Waals surface area (Å²) in [5.74, 6) is 1.04. The third-order valence-electron chi connectivity index (χ3n) is 4.52. The Labute approximate surface area is 183 Å². The number of nitrogens with zero attached hydrogens (tertiary/aromatic N) is 1. The van der Waals surface area contributed by atoms with Gasteiger partial charge in [0.2, 0.25) is 0 Å². The van der Waals surface area contributed by atoms with Crippen LogP contribution in [-0.2, 0) is 27.2 Å². The van der Waals surface area contributed by atoms with Gasteiger partial charge in [0.1, 0.15) is 17.1 Å². The number of ether oxygens (including phenoxy) is 4. The van der Waals surface area contributed by atoms with Crippen LogP contribution in [0.5, 0.6) is 11.5 Å². The minimum Gasteiger partial charge on any atom is -0.497 e. The lowest BCUT2D eigenvalue weighted by Gasteiger charge is -2.28. The molecule has 0 saturated carbocycles. The zero-order valence-electron chi connectivity index (χ0n) is 19.1. The highest BCUT2D eigenvalue weighted by Crippen LogP contribution is 2.29. The molecule has 1 amide bonds. The van der Waals surface area contributed by atoms with Crippen LogP contribution < -0.4 is 14.4 Å². The molecule has 0 unspecified atom stereocenters. The molecule has 0 radical (unpaired) electrons. The number of benzene rings is 2. The van der Waals surface area contributed by atoms with Crippen LogP contribution in [0.2, 0.25) is 0 Å². The van der Waals surface area contributed by atoms with Gasteiger partial charge in [0.05, 0.1) is 33.6 Å². The number of hydrogen-bond acceptors (Lipinski definition) is 6. The Morgan fingerprint density at radius 1 is 0.935 bits per heavy atom. The largest absolute Gasteiger partial charge is 0.497 e. The molecular formula is C24H31NO6. The number of methoxy groups -OCH3 is 3. The Bertz CT molecular complexity index is 886. The molecule has 0 N–H and O–H groups in total. The second kappa shape index (κ2) is 10.7. The Kier molecular flexibility index (Phi) is 8.30. The Morgan fingerprint density at radius 3 is 2.16 bits per heavy atom. The molecule has 0 heterocycles. The van der Waals surface area contributed by atoms with Crippen LogP contribution in [0.3, 0.4) is 0 Å². The molecule has 0 atom stereocenters. The molecule has 2 aromatic rings. The molecule has 168 valence electrons. The van der Waals surface area contributed by atoms with Crippen LogP contribution in [0, 0.1) is 0 Å². The minimum absolute atomic E-state index is 0.244. The highest BCUT2D eigenvalue weighted by Gasteiger charge is 2.24. The van der Waals surface area contributed by atoms with E-state index >= 15 is 0 Å². The number of hydrogen-bond donors (Lipinski definition) is 0. The van der Waals surface area contributed by atoms with E-state index in [1.807, 2.05) is 57.2 Å². The van der Waals surface area contributed by atoms with Gasteiger partial charge in [0.15, 0.2) is 0 Å².